The molecule has 7 heterocycles. The first kappa shape index (κ1) is 83.1. The van der Waals surface area contributed by atoms with E-state index in [1.54, 1.807) is 0 Å². The van der Waals surface area contributed by atoms with E-state index in [2.05, 4.69) is 543 Å². The maximum Gasteiger partial charge on any atom is 0.0623 e. The van der Waals surface area contributed by atoms with Crippen LogP contribution in [0.15, 0.2) is 546 Å². The van der Waals surface area contributed by atoms with Crippen molar-refractivity contribution < 1.29 is 1.37 Å². The lowest BCUT2D eigenvalue weighted by atomic mass is 9.95. The molecule has 0 radical (unpaired) electrons. The number of thiophene rings is 1. The molecule has 0 unspecified atom stereocenters. The van der Waals surface area contributed by atoms with Crippen molar-refractivity contribution in [3.8, 4) is 112 Å². The Labute approximate surface area is 842 Å². The van der Waals surface area contributed by atoms with Crippen molar-refractivity contribution in [3.05, 3.63) is 546 Å². The number of benzene rings is 23. The summed E-state index contributed by atoms with van der Waals surface area (Å²) in [4.78, 5) is 0. The first-order valence-electron chi connectivity index (χ1n) is 50.2. The van der Waals surface area contributed by atoms with Crippen molar-refractivity contribution in [2.45, 2.75) is 0 Å². The van der Waals surface area contributed by atoms with Crippen LogP contribution in [0.5, 0.6) is 0 Å². The molecule has 0 aliphatic heterocycles. The average molecular weight is 1870 g/mol. The van der Waals surface area contributed by atoms with E-state index in [0.717, 1.165) is 22.5 Å². The summed E-state index contributed by atoms with van der Waals surface area (Å²) in [7, 11) is 0. The molecule has 678 valence electrons. The predicted molar refractivity (Wildman–Crippen MR) is 616 cm³/mol. The Morgan fingerprint density at radius 1 is 0.138 bits per heavy atom. The van der Waals surface area contributed by atoms with E-state index in [-0.39, 0.29) is 0 Å². The van der Waals surface area contributed by atoms with Crippen LogP contribution in [0.2, 0.25) is 0 Å². The lowest BCUT2D eigenvalue weighted by Gasteiger charge is -2.13. The SMILES string of the molecule is [2H]c1ccc(-c2ccc(-n3c4ccccc4c4cc(-c5ccc6c(c5)c5ccccc5n6-c5cccc(-c6ccccc6)c5)ccc43)cc2)cc1.c1ccc(-c2cc(-n3c4ccccc4c4c(-c5cccc6c5c5ccccc5n6-c5ccccc5)cccc43)cc3c2sc2ccccc23)cc1.c1ccc(-c2ccc(-n3c4ccccc4c4cc(-c5ccc6c(c5)c5ccccc5n6-c5ccccc5)ccc43)cc2)cc1. The minimum absolute atomic E-state index is 0.525. The van der Waals surface area contributed by atoms with Gasteiger partial charge in [-0.15, -0.1) is 11.3 Å². The molecule has 0 N–H and O–H groups in total. The van der Waals surface area contributed by atoms with Crippen molar-refractivity contribution in [3.63, 3.8) is 0 Å². The van der Waals surface area contributed by atoms with E-state index in [9.17, 15) is 0 Å². The Morgan fingerprint density at radius 2 is 0.400 bits per heavy atom. The van der Waals surface area contributed by atoms with Gasteiger partial charge in [0, 0.05) is 124 Å². The summed E-state index contributed by atoms with van der Waals surface area (Å²) < 4.78 is 24.9. The minimum Gasteiger partial charge on any atom is -0.309 e. The molecular formula is C138H90N6S. The molecule has 7 aromatic heterocycles. The Hall–Kier alpha value is -18.9. The average Bonchev–Trinajstić information content (AvgIpc) is 1.56. The van der Waals surface area contributed by atoms with Gasteiger partial charge in [-0.05, 0) is 248 Å². The molecule has 0 bridgehead atoms. The van der Waals surface area contributed by atoms with E-state index < -0.39 is 0 Å². The molecule has 0 aliphatic rings. The Morgan fingerprint density at radius 3 is 0.814 bits per heavy atom. The summed E-state index contributed by atoms with van der Waals surface area (Å²) in [5.74, 6) is 0. The second kappa shape index (κ2) is 35.1. The Balaban J connectivity index is 0.000000106. The van der Waals surface area contributed by atoms with Gasteiger partial charge in [0.15, 0.2) is 0 Å². The number of fused-ring (bicyclic) bond motifs is 21. The number of para-hydroxylation sites is 8. The van der Waals surface area contributed by atoms with Crippen LogP contribution in [0.4, 0.5) is 0 Å². The quantitative estimate of drug-likeness (QED) is 0.110. The number of rotatable bonds is 13. The molecule has 0 spiro atoms. The first-order chi connectivity index (χ1) is 72.4. The summed E-state index contributed by atoms with van der Waals surface area (Å²) in [6.45, 7) is 0. The fraction of sp³-hybridized carbons (Fsp3) is 0. The number of hydrogen-bond donors (Lipinski definition) is 0. The fourth-order valence-corrected chi connectivity index (χ4v) is 24.2. The molecule has 0 fully saturated rings. The molecule has 0 amide bonds. The second-order valence-electron chi connectivity index (χ2n) is 37.6. The van der Waals surface area contributed by atoms with Crippen LogP contribution in [0.1, 0.15) is 1.37 Å². The monoisotopic (exact) mass is 1860 g/mol. The highest BCUT2D eigenvalue weighted by Gasteiger charge is 2.26. The number of hydrogen-bond acceptors (Lipinski definition) is 1. The van der Waals surface area contributed by atoms with Crippen molar-refractivity contribution in [2.75, 3.05) is 0 Å². The maximum absolute atomic E-state index is 7.83. The highest BCUT2D eigenvalue weighted by molar-refractivity contribution is 7.26. The summed E-state index contributed by atoms with van der Waals surface area (Å²) in [6.07, 6.45) is 0. The van der Waals surface area contributed by atoms with Crippen LogP contribution in [0.25, 0.3) is 263 Å². The van der Waals surface area contributed by atoms with E-state index in [4.69, 9.17) is 1.37 Å². The van der Waals surface area contributed by atoms with Crippen LogP contribution in [-0.2, 0) is 0 Å². The highest BCUT2D eigenvalue weighted by Crippen LogP contribution is 2.50. The van der Waals surface area contributed by atoms with Gasteiger partial charge in [0.1, 0.15) is 0 Å². The Bertz CT molecular complexity index is 10400. The standard InChI is InChI=1S/C48H30N2S.C48H32N2.C42H28N2/c1-3-15-31(16-4-1)39-29-33(30-40-34-19-9-12-28-45(34)51-48(39)40)50-42-25-11-8-21-38(42)47-36(23-14-27-44(47)50)35-22-13-26-43-46(35)37-20-7-10-24-41(37)49(43)32-17-5-2-6-18-32;1-3-12-33(13-4-1)35-22-26-39(27-23-35)49-45-20-9-7-18-41(45)43-31-37(24-28-47(43)49)38-25-29-48-44(32-38)42-19-8-10-21-46(42)50(48)40-17-11-16-36(30-40)34-14-5-2-6-15-34;1-3-11-29(12-4-1)30-19-23-34(24-20-30)44-40-18-10-8-16-36(40)38-28-32(22-26-42(38)44)31-21-25-41-37(27-31)35-15-7-9-17-39(35)43(41)33-13-5-2-6-14-33/h1-30H;1-32H;1-28H/i;1D;. The van der Waals surface area contributed by atoms with Crippen molar-refractivity contribution in [2.24, 2.45) is 0 Å². The first-order valence-corrected chi connectivity index (χ1v) is 50.5. The molecule has 30 rings (SSSR count). The molecule has 145 heavy (non-hydrogen) atoms. The largest absolute Gasteiger partial charge is 0.309 e. The van der Waals surface area contributed by atoms with E-state index in [1.165, 1.54) is 241 Å². The lowest BCUT2D eigenvalue weighted by molar-refractivity contribution is 1.18. The molecule has 0 saturated carbocycles. The summed E-state index contributed by atoms with van der Waals surface area (Å²) in [6, 6.07) is 196. The van der Waals surface area contributed by atoms with Gasteiger partial charge in [-0.1, -0.05) is 370 Å². The zero-order valence-electron chi connectivity index (χ0n) is 80.0. The van der Waals surface area contributed by atoms with Gasteiger partial charge >= 0.3 is 0 Å². The van der Waals surface area contributed by atoms with Gasteiger partial charge < -0.3 is 27.4 Å². The van der Waals surface area contributed by atoms with Gasteiger partial charge in [-0.3, -0.25) is 0 Å². The van der Waals surface area contributed by atoms with Crippen LogP contribution in [0.3, 0.4) is 0 Å². The van der Waals surface area contributed by atoms with Crippen LogP contribution in [0, 0.1) is 0 Å². The third kappa shape index (κ3) is 14.3. The van der Waals surface area contributed by atoms with Gasteiger partial charge in [-0.2, -0.15) is 0 Å². The van der Waals surface area contributed by atoms with E-state index in [0.29, 0.717) is 6.04 Å². The van der Waals surface area contributed by atoms with Gasteiger partial charge in [0.05, 0.1) is 67.6 Å². The van der Waals surface area contributed by atoms with Gasteiger partial charge in [0.2, 0.25) is 0 Å². The topological polar surface area (TPSA) is 29.6 Å². The zero-order chi connectivity index (χ0) is 96.4. The van der Waals surface area contributed by atoms with Gasteiger partial charge in [-0.25, -0.2) is 0 Å². The number of nitrogens with zero attached hydrogens (tertiary/aromatic N) is 6. The lowest BCUT2D eigenvalue weighted by Crippen LogP contribution is -1.95. The summed E-state index contributed by atoms with van der Waals surface area (Å²) in [5, 5.41) is 17.7. The molecule has 0 atom stereocenters. The molecule has 0 aliphatic carbocycles. The third-order valence-corrected chi connectivity index (χ3v) is 30.7. The third-order valence-electron chi connectivity index (χ3n) is 29.5. The number of aromatic nitrogens is 6. The predicted octanol–water partition coefficient (Wildman–Crippen LogP) is 37.7. The normalized spacial score (nSPS) is 11.8. The molecule has 30 aromatic rings. The van der Waals surface area contributed by atoms with Crippen LogP contribution in [-0.4, -0.2) is 27.4 Å². The summed E-state index contributed by atoms with van der Waals surface area (Å²) in [5.41, 5.74) is 38.4. The maximum atomic E-state index is 7.83. The summed E-state index contributed by atoms with van der Waals surface area (Å²) >= 11 is 1.89. The minimum atomic E-state index is 0.525. The fourth-order valence-electron chi connectivity index (χ4n) is 23.0. The van der Waals surface area contributed by atoms with Crippen LogP contribution < -0.4 is 0 Å². The zero-order valence-corrected chi connectivity index (χ0v) is 79.8. The molecular weight excluding hydrogens is 1770 g/mol. The van der Waals surface area contributed by atoms with Gasteiger partial charge in [0.25, 0.3) is 0 Å². The molecule has 0 saturated heterocycles. The van der Waals surface area contributed by atoms with E-state index >= 15 is 0 Å². The second-order valence-corrected chi connectivity index (χ2v) is 38.7. The molecule has 23 aromatic carbocycles. The molecule has 6 nitrogen and oxygen atoms in total. The smallest absolute Gasteiger partial charge is 0.0623 e. The van der Waals surface area contributed by atoms with Crippen molar-refractivity contribution in [1.29, 1.82) is 0 Å². The van der Waals surface area contributed by atoms with Crippen molar-refractivity contribution >= 4 is 162 Å². The van der Waals surface area contributed by atoms with Crippen molar-refractivity contribution in [1.82, 2.24) is 27.4 Å². The van der Waals surface area contributed by atoms with Crippen LogP contribution >= 0.6 is 11.3 Å². The highest BCUT2D eigenvalue weighted by atomic mass is 32.1. The Kier molecular flexibility index (Phi) is 20.1. The van der Waals surface area contributed by atoms with E-state index in [1.807, 2.05) is 35.6 Å². The molecule has 7 heteroatoms.